The van der Waals surface area contributed by atoms with Gasteiger partial charge in [-0.3, -0.25) is 4.79 Å². The van der Waals surface area contributed by atoms with Crippen molar-refractivity contribution in [2.75, 3.05) is 6.79 Å². The smallest absolute Gasteiger partial charge is 0.253 e. The van der Waals surface area contributed by atoms with Gasteiger partial charge in [0.2, 0.25) is 12.7 Å². The summed E-state index contributed by atoms with van der Waals surface area (Å²) in [6, 6.07) is 7.82. The third-order valence-electron chi connectivity index (χ3n) is 3.23. The Bertz CT molecular complexity index is 673. The van der Waals surface area contributed by atoms with Crippen LogP contribution in [0.2, 0.25) is 0 Å². The van der Waals surface area contributed by atoms with Crippen LogP contribution in [0.1, 0.15) is 28.9 Å². The fourth-order valence-corrected chi connectivity index (χ4v) is 2.06. The van der Waals surface area contributed by atoms with E-state index in [0.29, 0.717) is 17.1 Å². The molecule has 2 heterocycles. The first-order valence-electron chi connectivity index (χ1n) is 6.45. The fraction of sp³-hybridized carbons (Fsp3) is 0.200. The van der Waals surface area contributed by atoms with Gasteiger partial charge in [-0.25, -0.2) is 4.98 Å². The number of carbonyl (C=O) groups excluding carboxylic acids is 1. The van der Waals surface area contributed by atoms with Gasteiger partial charge >= 0.3 is 0 Å². The van der Waals surface area contributed by atoms with E-state index < -0.39 is 5.95 Å². The predicted octanol–water partition coefficient (Wildman–Crippen LogP) is 2.44. The molecule has 6 heteroatoms. The number of hydrogen-bond donors (Lipinski definition) is 1. The number of fused-ring (bicyclic) bond motifs is 1. The van der Waals surface area contributed by atoms with Crippen molar-refractivity contribution in [3.63, 3.8) is 0 Å². The van der Waals surface area contributed by atoms with Gasteiger partial charge in [0.05, 0.1) is 11.6 Å². The van der Waals surface area contributed by atoms with E-state index in [-0.39, 0.29) is 18.7 Å². The Morgan fingerprint density at radius 1 is 1.29 bits per heavy atom. The first-order chi connectivity index (χ1) is 10.1. The maximum atomic E-state index is 12.7. The molecule has 0 saturated carbocycles. The van der Waals surface area contributed by atoms with Crippen molar-refractivity contribution in [3.8, 4) is 11.5 Å². The summed E-state index contributed by atoms with van der Waals surface area (Å²) in [5.41, 5.74) is 1.20. The minimum atomic E-state index is -0.615. The van der Waals surface area contributed by atoms with Crippen LogP contribution in [0.25, 0.3) is 0 Å². The lowest BCUT2D eigenvalue weighted by Gasteiger charge is -2.14. The molecule has 0 aliphatic carbocycles. The van der Waals surface area contributed by atoms with Crippen molar-refractivity contribution >= 4 is 5.91 Å². The third kappa shape index (κ3) is 2.79. The molecule has 1 aromatic carbocycles. The molecule has 0 fully saturated rings. The highest BCUT2D eigenvalue weighted by atomic mass is 19.1. The summed E-state index contributed by atoms with van der Waals surface area (Å²) in [7, 11) is 0. The van der Waals surface area contributed by atoms with E-state index in [4.69, 9.17) is 9.47 Å². The molecule has 1 atom stereocenters. The minimum absolute atomic E-state index is 0.209. The molecule has 0 bridgehead atoms. The maximum Gasteiger partial charge on any atom is 0.253 e. The van der Waals surface area contributed by atoms with Gasteiger partial charge < -0.3 is 14.8 Å². The Morgan fingerprint density at radius 3 is 2.86 bits per heavy atom. The van der Waals surface area contributed by atoms with Crippen LogP contribution in [0.5, 0.6) is 11.5 Å². The quantitative estimate of drug-likeness (QED) is 0.881. The van der Waals surface area contributed by atoms with Crippen molar-refractivity contribution in [3.05, 3.63) is 53.6 Å². The third-order valence-corrected chi connectivity index (χ3v) is 3.23. The summed E-state index contributed by atoms with van der Waals surface area (Å²) in [6.45, 7) is 2.06. The molecule has 0 saturated heterocycles. The van der Waals surface area contributed by atoms with Gasteiger partial charge in [0, 0.05) is 6.20 Å². The average Bonchev–Trinajstić information content (AvgIpc) is 2.95. The monoisotopic (exact) mass is 288 g/mol. The molecule has 2 aromatic rings. The molecule has 1 aromatic heterocycles. The van der Waals surface area contributed by atoms with E-state index in [1.165, 1.54) is 12.3 Å². The van der Waals surface area contributed by atoms with Crippen molar-refractivity contribution in [2.24, 2.45) is 0 Å². The van der Waals surface area contributed by atoms with Crippen LogP contribution in [0.3, 0.4) is 0 Å². The Kier molecular flexibility index (Phi) is 3.43. The Hall–Kier alpha value is -2.63. The second-order valence-electron chi connectivity index (χ2n) is 4.68. The molecule has 1 aliphatic rings. The summed E-state index contributed by atoms with van der Waals surface area (Å²) in [5, 5.41) is 2.83. The number of aromatic nitrogens is 1. The molecule has 3 rings (SSSR count). The number of amides is 1. The Balaban J connectivity index is 1.72. The molecule has 1 amide bonds. The number of hydrogen-bond acceptors (Lipinski definition) is 4. The predicted molar refractivity (Wildman–Crippen MR) is 72.6 cm³/mol. The number of nitrogens with zero attached hydrogens (tertiary/aromatic N) is 1. The minimum Gasteiger partial charge on any atom is -0.454 e. The second kappa shape index (κ2) is 5.40. The summed E-state index contributed by atoms with van der Waals surface area (Å²) >= 11 is 0. The van der Waals surface area contributed by atoms with Crippen molar-refractivity contribution in [1.82, 2.24) is 10.3 Å². The second-order valence-corrected chi connectivity index (χ2v) is 4.68. The van der Waals surface area contributed by atoms with Crippen LogP contribution < -0.4 is 14.8 Å². The summed E-state index contributed by atoms with van der Waals surface area (Å²) in [6.07, 6.45) is 1.21. The molecule has 0 spiro atoms. The van der Waals surface area contributed by atoms with E-state index in [2.05, 4.69) is 10.3 Å². The van der Waals surface area contributed by atoms with Crippen LogP contribution in [0.15, 0.2) is 36.5 Å². The standard InChI is InChI=1S/C15H13FN2O3/c1-9(10-2-4-12-13(6-10)21-8-20-12)18-15(19)11-3-5-14(16)17-7-11/h2-7,9H,8H2,1H3,(H,18,19). The van der Waals surface area contributed by atoms with E-state index in [9.17, 15) is 9.18 Å². The van der Waals surface area contributed by atoms with Crippen LogP contribution in [0, 0.1) is 5.95 Å². The number of carbonyl (C=O) groups is 1. The first kappa shape index (κ1) is 13.4. The zero-order valence-electron chi connectivity index (χ0n) is 11.3. The lowest BCUT2D eigenvalue weighted by molar-refractivity contribution is 0.0939. The average molecular weight is 288 g/mol. The van der Waals surface area contributed by atoms with Crippen molar-refractivity contribution in [2.45, 2.75) is 13.0 Å². The molecule has 108 valence electrons. The molecule has 1 aliphatic heterocycles. The maximum absolute atomic E-state index is 12.7. The molecule has 21 heavy (non-hydrogen) atoms. The zero-order chi connectivity index (χ0) is 14.8. The molecule has 5 nitrogen and oxygen atoms in total. The Morgan fingerprint density at radius 2 is 2.10 bits per heavy atom. The number of rotatable bonds is 3. The first-order valence-corrected chi connectivity index (χ1v) is 6.45. The number of pyridine rings is 1. The lowest BCUT2D eigenvalue weighted by Crippen LogP contribution is -2.26. The Labute approximate surface area is 120 Å². The van der Waals surface area contributed by atoms with Gasteiger partial charge in [0.15, 0.2) is 11.5 Å². The topological polar surface area (TPSA) is 60.5 Å². The van der Waals surface area contributed by atoms with Crippen LogP contribution in [0.4, 0.5) is 4.39 Å². The molecule has 1 N–H and O–H groups in total. The van der Waals surface area contributed by atoms with Gasteiger partial charge in [-0.05, 0) is 36.8 Å². The lowest BCUT2D eigenvalue weighted by atomic mass is 10.1. The fourth-order valence-electron chi connectivity index (χ4n) is 2.06. The van der Waals surface area contributed by atoms with Crippen LogP contribution >= 0.6 is 0 Å². The number of halogens is 1. The van der Waals surface area contributed by atoms with Gasteiger partial charge in [-0.2, -0.15) is 4.39 Å². The summed E-state index contributed by atoms with van der Waals surface area (Å²) in [4.78, 5) is 15.5. The highest BCUT2D eigenvalue weighted by Crippen LogP contribution is 2.34. The van der Waals surface area contributed by atoms with Gasteiger partial charge in [-0.15, -0.1) is 0 Å². The number of benzene rings is 1. The van der Waals surface area contributed by atoms with E-state index in [0.717, 1.165) is 11.6 Å². The SMILES string of the molecule is CC(NC(=O)c1ccc(F)nc1)c1ccc2c(c1)OCO2. The van der Waals surface area contributed by atoms with E-state index in [1.807, 2.05) is 19.1 Å². The molecule has 0 radical (unpaired) electrons. The number of ether oxygens (including phenoxy) is 2. The van der Waals surface area contributed by atoms with E-state index >= 15 is 0 Å². The van der Waals surface area contributed by atoms with Crippen molar-refractivity contribution < 1.29 is 18.7 Å². The normalized spacial score (nSPS) is 13.8. The van der Waals surface area contributed by atoms with Crippen LogP contribution in [-0.2, 0) is 0 Å². The highest BCUT2D eigenvalue weighted by molar-refractivity contribution is 5.94. The van der Waals surface area contributed by atoms with Crippen molar-refractivity contribution in [1.29, 1.82) is 0 Å². The van der Waals surface area contributed by atoms with E-state index in [1.54, 1.807) is 6.07 Å². The van der Waals surface area contributed by atoms with Gasteiger partial charge in [0.25, 0.3) is 5.91 Å². The molecular weight excluding hydrogens is 275 g/mol. The van der Waals surface area contributed by atoms with Gasteiger partial charge in [-0.1, -0.05) is 6.07 Å². The zero-order valence-corrected chi connectivity index (χ0v) is 11.3. The molecular formula is C15H13FN2O3. The summed E-state index contributed by atoms with van der Waals surface area (Å²) in [5.74, 6) is 0.431. The highest BCUT2D eigenvalue weighted by Gasteiger charge is 2.17. The van der Waals surface area contributed by atoms with Gasteiger partial charge in [0.1, 0.15) is 0 Å². The largest absolute Gasteiger partial charge is 0.454 e. The molecule has 1 unspecified atom stereocenters. The summed E-state index contributed by atoms with van der Waals surface area (Å²) < 4.78 is 23.3. The number of nitrogens with one attached hydrogen (secondary N) is 1. The van der Waals surface area contributed by atoms with Crippen LogP contribution in [-0.4, -0.2) is 17.7 Å².